The van der Waals surface area contributed by atoms with Gasteiger partial charge in [-0.15, -0.1) is 0 Å². The summed E-state index contributed by atoms with van der Waals surface area (Å²) in [6.07, 6.45) is 3.04. The molecule has 1 unspecified atom stereocenters. The molecule has 8 heteroatoms. The lowest BCUT2D eigenvalue weighted by molar-refractivity contribution is 0.0921. The number of hydrazine groups is 1. The summed E-state index contributed by atoms with van der Waals surface area (Å²) in [7, 11) is 3.18. The molecule has 2 aromatic carbocycles. The predicted octanol–water partition coefficient (Wildman–Crippen LogP) is 3.56. The van der Waals surface area contributed by atoms with Crippen LogP contribution in [0, 0.1) is 0 Å². The Hall–Kier alpha value is -3.65. The van der Waals surface area contributed by atoms with Crippen molar-refractivity contribution in [3.05, 3.63) is 66.1 Å². The van der Waals surface area contributed by atoms with Crippen molar-refractivity contribution in [3.63, 3.8) is 0 Å². The summed E-state index contributed by atoms with van der Waals surface area (Å²) in [5.74, 6) is 1.73. The second-order valence-corrected chi connectivity index (χ2v) is 6.71. The Morgan fingerprint density at radius 3 is 2.29 bits per heavy atom. The van der Waals surface area contributed by atoms with Crippen LogP contribution in [0.1, 0.15) is 35.9 Å². The van der Waals surface area contributed by atoms with Crippen molar-refractivity contribution >= 4 is 5.91 Å². The van der Waals surface area contributed by atoms with E-state index >= 15 is 0 Å². The van der Waals surface area contributed by atoms with Crippen molar-refractivity contribution in [2.24, 2.45) is 0 Å². The normalized spacial score (nSPS) is 11.5. The lowest BCUT2D eigenvalue weighted by Crippen LogP contribution is -2.39. The van der Waals surface area contributed by atoms with Crippen LogP contribution in [0.5, 0.6) is 17.2 Å². The molecule has 0 aliphatic carbocycles. The molecule has 0 aliphatic rings. The second-order valence-electron chi connectivity index (χ2n) is 6.71. The van der Waals surface area contributed by atoms with E-state index in [2.05, 4.69) is 20.8 Å². The molecule has 1 heterocycles. The molecule has 0 bridgehead atoms. The SMILES string of the molecule is CCOc1ccc(-c2cncc(C(=O)NNC(C)c3cc(OC)cc(OC)c3)n2)cc1. The molecule has 0 saturated carbocycles. The summed E-state index contributed by atoms with van der Waals surface area (Å²) in [5, 5.41) is 0. The van der Waals surface area contributed by atoms with Crippen LogP contribution in [0.2, 0.25) is 0 Å². The number of methoxy groups -OCH3 is 2. The Kier molecular flexibility index (Phi) is 7.40. The number of carbonyl (C=O) groups excluding carboxylic acids is 1. The molecular formula is C23H26N4O4. The van der Waals surface area contributed by atoms with Gasteiger partial charge in [0, 0.05) is 17.7 Å². The van der Waals surface area contributed by atoms with Gasteiger partial charge in [-0.2, -0.15) is 0 Å². The van der Waals surface area contributed by atoms with E-state index in [1.807, 2.05) is 50.2 Å². The number of nitrogens with one attached hydrogen (secondary N) is 2. The minimum atomic E-state index is -0.387. The third-order valence-electron chi connectivity index (χ3n) is 4.60. The van der Waals surface area contributed by atoms with Crippen LogP contribution in [0.25, 0.3) is 11.3 Å². The zero-order valence-corrected chi connectivity index (χ0v) is 18.0. The average molecular weight is 422 g/mol. The third-order valence-corrected chi connectivity index (χ3v) is 4.60. The van der Waals surface area contributed by atoms with Crippen molar-refractivity contribution in [1.82, 2.24) is 20.8 Å². The number of rotatable bonds is 9. The van der Waals surface area contributed by atoms with E-state index in [0.29, 0.717) is 23.8 Å². The maximum atomic E-state index is 12.6. The minimum absolute atomic E-state index is 0.199. The molecule has 0 saturated heterocycles. The number of benzene rings is 2. The van der Waals surface area contributed by atoms with Gasteiger partial charge in [0.25, 0.3) is 5.91 Å². The maximum absolute atomic E-state index is 12.6. The summed E-state index contributed by atoms with van der Waals surface area (Å²) in [6.45, 7) is 4.44. The first kappa shape index (κ1) is 22.0. The first-order valence-corrected chi connectivity index (χ1v) is 9.88. The van der Waals surface area contributed by atoms with Crippen molar-refractivity contribution < 1.29 is 19.0 Å². The quantitative estimate of drug-likeness (QED) is 0.509. The van der Waals surface area contributed by atoms with Crippen LogP contribution < -0.4 is 25.1 Å². The van der Waals surface area contributed by atoms with Crippen molar-refractivity contribution in [2.75, 3.05) is 20.8 Å². The Balaban J connectivity index is 1.68. The number of hydrogen-bond acceptors (Lipinski definition) is 7. The number of nitrogens with zero attached hydrogens (tertiary/aromatic N) is 2. The molecule has 2 N–H and O–H groups in total. The summed E-state index contributed by atoms with van der Waals surface area (Å²) in [5.41, 5.74) is 8.21. The molecule has 1 atom stereocenters. The first-order chi connectivity index (χ1) is 15.0. The highest BCUT2D eigenvalue weighted by atomic mass is 16.5. The van der Waals surface area contributed by atoms with Crippen LogP contribution in [0.4, 0.5) is 0 Å². The fraction of sp³-hybridized carbons (Fsp3) is 0.261. The molecule has 3 rings (SSSR count). The standard InChI is InChI=1S/C23H26N4O4/c1-5-31-18-8-6-16(7-9-18)21-13-24-14-22(25-21)23(28)27-26-15(2)17-10-19(29-3)12-20(11-17)30-4/h6-15,26H,5H2,1-4H3,(H,27,28). The monoisotopic (exact) mass is 422 g/mol. The van der Waals surface area contributed by atoms with E-state index in [1.54, 1.807) is 26.5 Å². The van der Waals surface area contributed by atoms with E-state index in [-0.39, 0.29) is 17.6 Å². The number of amides is 1. The number of aromatic nitrogens is 2. The van der Waals surface area contributed by atoms with Gasteiger partial charge >= 0.3 is 0 Å². The molecule has 0 aliphatic heterocycles. The Bertz CT molecular complexity index is 1000. The van der Waals surface area contributed by atoms with Crippen molar-refractivity contribution in [3.8, 4) is 28.5 Å². The third kappa shape index (κ3) is 5.70. The van der Waals surface area contributed by atoms with Crippen molar-refractivity contribution in [1.29, 1.82) is 0 Å². The van der Waals surface area contributed by atoms with E-state index < -0.39 is 0 Å². The highest BCUT2D eigenvalue weighted by Crippen LogP contribution is 2.26. The molecule has 31 heavy (non-hydrogen) atoms. The summed E-state index contributed by atoms with van der Waals surface area (Å²) in [6, 6.07) is 12.8. The lowest BCUT2D eigenvalue weighted by Gasteiger charge is -2.17. The lowest BCUT2D eigenvalue weighted by atomic mass is 10.1. The smallest absolute Gasteiger partial charge is 0.285 e. The van der Waals surface area contributed by atoms with E-state index in [9.17, 15) is 4.79 Å². The Labute approximate surface area is 181 Å². The maximum Gasteiger partial charge on any atom is 0.285 e. The topological polar surface area (TPSA) is 94.6 Å². The van der Waals surface area contributed by atoms with Gasteiger partial charge in [-0.05, 0) is 55.8 Å². The molecule has 0 fully saturated rings. The van der Waals surface area contributed by atoms with Crippen LogP contribution >= 0.6 is 0 Å². The molecule has 0 spiro atoms. The predicted molar refractivity (Wildman–Crippen MR) is 117 cm³/mol. The van der Waals surface area contributed by atoms with Gasteiger partial charge in [0.15, 0.2) is 0 Å². The van der Waals surface area contributed by atoms with Crippen molar-refractivity contribution in [2.45, 2.75) is 19.9 Å². The van der Waals surface area contributed by atoms with Crippen LogP contribution in [0.3, 0.4) is 0 Å². The molecule has 3 aromatic rings. The van der Waals surface area contributed by atoms with Gasteiger partial charge in [0.2, 0.25) is 0 Å². The first-order valence-electron chi connectivity index (χ1n) is 9.88. The fourth-order valence-electron chi connectivity index (χ4n) is 2.90. The largest absolute Gasteiger partial charge is 0.497 e. The average Bonchev–Trinajstić information content (AvgIpc) is 2.82. The fourth-order valence-corrected chi connectivity index (χ4v) is 2.90. The Morgan fingerprint density at radius 1 is 1.00 bits per heavy atom. The number of ether oxygens (including phenoxy) is 3. The molecule has 8 nitrogen and oxygen atoms in total. The van der Waals surface area contributed by atoms with E-state index in [4.69, 9.17) is 14.2 Å². The molecule has 162 valence electrons. The Morgan fingerprint density at radius 2 is 1.68 bits per heavy atom. The van der Waals surface area contributed by atoms with Gasteiger partial charge < -0.3 is 14.2 Å². The number of hydrogen-bond donors (Lipinski definition) is 2. The van der Waals surface area contributed by atoms with Crippen LogP contribution in [-0.4, -0.2) is 36.7 Å². The second kappa shape index (κ2) is 10.4. The highest BCUT2D eigenvalue weighted by Gasteiger charge is 2.13. The van der Waals surface area contributed by atoms with E-state index in [1.165, 1.54) is 6.20 Å². The zero-order chi connectivity index (χ0) is 22.2. The van der Waals surface area contributed by atoms with Gasteiger partial charge in [0.1, 0.15) is 22.9 Å². The number of carbonyl (C=O) groups is 1. The summed E-state index contributed by atoms with van der Waals surface area (Å²) >= 11 is 0. The minimum Gasteiger partial charge on any atom is -0.497 e. The highest BCUT2D eigenvalue weighted by molar-refractivity contribution is 5.92. The van der Waals surface area contributed by atoms with Gasteiger partial charge in [-0.25, -0.2) is 10.4 Å². The summed E-state index contributed by atoms with van der Waals surface area (Å²) in [4.78, 5) is 21.2. The van der Waals surface area contributed by atoms with Crippen LogP contribution in [0.15, 0.2) is 54.9 Å². The van der Waals surface area contributed by atoms with Crippen LogP contribution in [-0.2, 0) is 0 Å². The molecule has 1 aromatic heterocycles. The summed E-state index contributed by atoms with van der Waals surface area (Å²) < 4.78 is 16.0. The zero-order valence-electron chi connectivity index (χ0n) is 18.0. The van der Waals surface area contributed by atoms with Gasteiger partial charge in [-0.1, -0.05) is 0 Å². The molecular weight excluding hydrogens is 396 g/mol. The molecule has 1 amide bonds. The van der Waals surface area contributed by atoms with E-state index in [0.717, 1.165) is 16.9 Å². The van der Waals surface area contributed by atoms with Gasteiger partial charge in [0.05, 0.1) is 38.9 Å². The van der Waals surface area contributed by atoms with Gasteiger partial charge in [-0.3, -0.25) is 15.2 Å². The molecule has 0 radical (unpaired) electrons.